The van der Waals surface area contributed by atoms with Crippen molar-refractivity contribution in [2.45, 2.75) is 25.9 Å². The third kappa shape index (κ3) is 8.27. The van der Waals surface area contributed by atoms with Gasteiger partial charge in [0.1, 0.15) is 5.69 Å². The van der Waals surface area contributed by atoms with Gasteiger partial charge in [0.15, 0.2) is 23.9 Å². The average Bonchev–Trinajstić information content (AvgIpc) is 3.77. The molecule has 3 aliphatic rings. The molecule has 58 heavy (non-hydrogen) atoms. The van der Waals surface area contributed by atoms with Gasteiger partial charge in [0.2, 0.25) is 5.91 Å². The molecule has 3 saturated heterocycles. The number of alkyl halides is 3. The van der Waals surface area contributed by atoms with Crippen LogP contribution < -0.4 is 16.4 Å². The molecule has 2 aromatic heterocycles. The molecule has 5 N–H and O–H groups in total. The van der Waals surface area contributed by atoms with Crippen LogP contribution in [0.2, 0.25) is 0 Å². The van der Waals surface area contributed by atoms with E-state index in [0.29, 0.717) is 79.3 Å². The third-order valence-corrected chi connectivity index (χ3v) is 11.5. The molecule has 19 heteroatoms. The quantitative estimate of drug-likeness (QED) is 0.106. The van der Waals surface area contributed by atoms with E-state index in [9.17, 15) is 41.8 Å². The Kier molecular flexibility index (Phi) is 11.0. The molecule has 3 aliphatic heterocycles. The molecule has 0 bridgehead atoms. The Balaban J connectivity index is 0.962. The smallest absolute Gasteiger partial charge is 0.435 e. The lowest BCUT2D eigenvalue weighted by atomic mass is 9.90. The highest BCUT2D eigenvalue weighted by Crippen LogP contribution is 2.37. The maximum Gasteiger partial charge on any atom is 0.435 e. The topological polar surface area (TPSA) is 181 Å². The molecule has 15 nitrogen and oxygen atoms in total. The van der Waals surface area contributed by atoms with Crippen LogP contribution in [0, 0.1) is 24.6 Å². The number of aryl methyl sites for hydroxylation is 1. The number of aromatic nitrogens is 4. The summed E-state index contributed by atoms with van der Waals surface area (Å²) in [5.41, 5.74) is 4.91. The number of anilines is 2. The van der Waals surface area contributed by atoms with Crippen LogP contribution in [-0.4, -0.2) is 128 Å². The van der Waals surface area contributed by atoms with Gasteiger partial charge < -0.3 is 40.3 Å². The number of piperazine rings is 1. The van der Waals surface area contributed by atoms with E-state index >= 15 is 0 Å². The van der Waals surface area contributed by atoms with Gasteiger partial charge in [0.05, 0.1) is 37.1 Å². The number of carbonyl (C=O) groups is 4. The van der Waals surface area contributed by atoms with Gasteiger partial charge in [-0.25, -0.2) is 18.9 Å². The Morgan fingerprint density at radius 3 is 2.31 bits per heavy atom. The summed E-state index contributed by atoms with van der Waals surface area (Å²) in [7, 11) is 1.37. The van der Waals surface area contributed by atoms with Crippen LogP contribution in [0.25, 0.3) is 16.9 Å². The highest BCUT2D eigenvalue weighted by atomic mass is 19.4. The number of amides is 3. The number of hydrogen-bond acceptors (Lipinski definition) is 8. The minimum atomic E-state index is -4.92. The summed E-state index contributed by atoms with van der Waals surface area (Å²) < 4.78 is 59.4. The number of benzene rings is 2. The number of carboxylic acids is 1. The number of halogens is 4. The number of likely N-dealkylation sites (tertiary alicyclic amines) is 1. The molecule has 4 aromatic rings. The van der Waals surface area contributed by atoms with E-state index in [0.717, 1.165) is 42.8 Å². The summed E-state index contributed by atoms with van der Waals surface area (Å²) in [5.74, 6) is -2.53. The zero-order valence-corrected chi connectivity index (χ0v) is 32.1. The van der Waals surface area contributed by atoms with Gasteiger partial charge in [0, 0.05) is 94.1 Å². The Hall–Kier alpha value is -5.82. The van der Waals surface area contributed by atoms with Crippen LogP contribution in [0.1, 0.15) is 45.1 Å². The van der Waals surface area contributed by atoms with E-state index in [1.165, 1.54) is 23.7 Å². The van der Waals surface area contributed by atoms with E-state index in [1.807, 2.05) is 0 Å². The van der Waals surface area contributed by atoms with Crippen LogP contribution >= 0.6 is 0 Å². The molecular weight excluding hydrogens is 764 g/mol. The highest BCUT2D eigenvalue weighted by Gasteiger charge is 2.42. The van der Waals surface area contributed by atoms with Gasteiger partial charge in [-0.1, -0.05) is 0 Å². The highest BCUT2D eigenvalue weighted by molar-refractivity contribution is 6.03. The van der Waals surface area contributed by atoms with Gasteiger partial charge in [-0.2, -0.15) is 18.3 Å². The van der Waals surface area contributed by atoms with Crippen LogP contribution in [0.4, 0.5) is 28.9 Å². The molecule has 0 atom stereocenters. The van der Waals surface area contributed by atoms with E-state index in [1.54, 1.807) is 34.9 Å². The molecule has 0 saturated carbocycles. The van der Waals surface area contributed by atoms with Gasteiger partial charge in [-0.3, -0.25) is 14.4 Å². The zero-order chi connectivity index (χ0) is 41.5. The molecule has 2 aromatic carbocycles. The molecule has 0 spiro atoms. The van der Waals surface area contributed by atoms with E-state index in [4.69, 9.17) is 5.73 Å². The molecule has 3 fully saturated rings. The van der Waals surface area contributed by atoms with Crippen molar-refractivity contribution in [1.29, 1.82) is 0 Å². The monoisotopic (exact) mass is 809 g/mol. The Labute approximate surface area is 331 Å². The average molecular weight is 810 g/mol. The van der Waals surface area contributed by atoms with Gasteiger partial charge >= 0.3 is 12.1 Å². The first kappa shape index (κ1) is 40.4. The fraction of sp³-hybridized carbons (Fsp3) is 0.436. The number of carboxylic acid groups (broad SMARTS) is 1. The largest absolute Gasteiger partial charge is 0.477 e. The fourth-order valence-corrected chi connectivity index (χ4v) is 8.28. The summed E-state index contributed by atoms with van der Waals surface area (Å²) in [6.07, 6.45) is -1.55. The van der Waals surface area contributed by atoms with Crippen LogP contribution in [-0.2, 0) is 22.8 Å². The summed E-state index contributed by atoms with van der Waals surface area (Å²) in [6.45, 7) is 7.13. The van der Waals surface area contributed by atoms with E-state index in [2.05, 4.69) is 20.7 Å². The van der Waals surface area contributed by atoms with Crippen molar-refractivity contribution in [3.8, 4) is 16.9 Å². The first-order valence-electron chi connectivity index (χ1n) is 19.0. The number of aliphatic carboxylic acids is 1. The van der Waals surface area contributed by atoms with Gasteiger partial charge in [-0.15, -0.1) is 0 Å². The number of nitrogens with two attached hydrogens (primary N) is 1. The zero-order valence-electron chi connectivity index (χ0n) is 32.1. The van der Waals surface area contributed by atoms with Crippen molar-refractivity contribution in [3.63, 3.8) is 0 Å². The van der Waals surface area contributed by atoms with E-state index in [-0.39, 0.29) is 47.2 Å². The molecule has 308 valence electrons. The summed E-state index contributed by atoms with van der Waals surface area (Å²) >= 11 is 0. The number of nitrogens with zero attached hydrogens (tertiary/aromatic N) is 7. The van der Waals surface area contributed by atoms with Crippen molar-refractivity contribution in [1.82, 2.24) is 34.4 Å². The number of nitrogen functional groups attached to an aromatic ring is 1. The number of piperidine rings is 1. The van der Waals surface area contributed by atoms with Crippen molar-refractivity contribution in [3.05, 3.63) is 77.3 Å². The summed E-state index contributed by atoms with van der Waals surface area (Å²) in [6, 6.07) is 8.24. The predicted molar refractivity (Wildman–Crippen MR) is 203 cm³/mol. The van der Waals surface area contributed by atoms with Crippen molar-refractivity contribution in [2.75, 3.05) is 76.5 Å². The van der Waals surface area contributed by atoms with Crippen LogP contribution in [0.5, 0.6) is 0 Å². The second kappa shape index (κ2) is 15.8. The number of carbonyl (C=O) groups excluding carboxylic acids is 3. The summed E-state index contributed by atoms with van der Waals surface area (Å²) in [4.78, 5) is 59.7. The molecule has 0 radical (unpaired) electrons. The standard InChI is InChI=1S/C39H44F4N10O5/c1-23-15-27(47-36(56)35-46-19-32(49(35)2)29-20-52(48-34(29)39(41,42)43)31-6-3-26(44)16-30(31)40)4-5-28(23)38(58)51-11-9-50(10-12-51)37(57)25-7-13-53(14-8-25,22-33(54)55)21-24-17-45-18-24/h3-6,15-16,19-20,24-25,45H,7-14,17-18,21-22,44H2,1-2H3,(H-,47,54,55,56,58)/p+1. The normalized spacial score (nSPS) is 20.1. The fourth-order valence-electron chi connectivity index (χ4n) is 8.28. The van der Waals surface area contributed by atoms with Crippen LogP contribution in [0.15, 0.2) is 48.8 Å². The summed E-state index contributed by atoms with van der Waals surface area (Å²) in [5, 5.41) is 19.1. The third-order valence-electron chi connectivity index (χ3n) is 11.5. The SMILES string of the molecule is Cc1cc(NC(=O)c2ncc(-c3cn(-c4ccc(N)cc4F)nc3C(F)(F)F)n2C)ccc1C(=O)N1CCN(C(=O)C2CC[N+](CC(=O)O)(CC3CNC3)CC2)CC1. The number of quaternary nitrogens is 1. The lowest BCUT2D eigenvalue weighted by Crippen LogP contribution is -2.62. The Morgan fingerprint density at radius 1 is 1.02 bits per heavy atom. The Bertz CT molecular complexity index is 2230. The molecule has 5 heterocycles. The molecule has 7 rings (SSSR count). The lowest BCUT2D eigenvalue weighted by Gasteiger charge is -2.46. The first-order valence-corrected chi connectivity index (χ1v) is 19.0. The minimum Gasteiger partial charge on any atom is -0.477 e. The number of rotatable bonds is 10. The second-order valence-electron chi connectivity index (χ2n) is 15.5. The molecule has 0 unspecified atom stereocenters. The molecule has 0 aliphatic carbocycles. The maximum atomic E-state index is 14.6. The predicted octanol–water partition coefficient (Wildman–Crippen LogP) is 3.39. The lowest BCUT2D eigenvalue weighted by molar-refractivity contribution is -0.929. The first-order chi connectivity index (χ1) is 27.5. The minimum absolute atomic E-state index is 0.0473. The number of hydrogen-bond donors (Lipinski definition) is 4. The van der Waals surface area contributed by atoms with Crippen LogP contribution in [0.3, 0.4) is 0 Å². The molecule has 3 amide bonds. The molecular formula is C39H45F4N10O5+. The maximum absolute atomic E-state index is 14.6. The second-order valence-corrected chi connectivity index (χ2v) is 15.5. The van der Waals surface area contributed by atoms with Crippen molar-refractivity contribution < 1.29 is 46.3 Å². The number of imidazole rings is 1. The number of nitrogens with one attached hydrogen (secondary N) is 2. The van der Waals surface area contributed by atoms with E-state index < -0.39 is 35.1 Å². The van der Waals surface area contributed by atoms with Gasteiger partial charge in [-0.05, 0) is 48.9 Å². The van der Waals surface area contributed by atoms with Gasteiger partial charge in [0.25, 0.3) is 11.8 Å². The van der Waals surface area contributed by atoms with Crippen molar-refractivity contribution >= 4 is 35.1 Å². The Morgan fingerprint density at radius 2 is 1.71 bits per heavy atom. The van der Waals surface area contributed by atoms with Crippen molar-refractivity contribution in [2.24, 2.45) is 18.9 Å².